The van der Waals surface area contributed by atoms with Crippen molar-refractivity contribution >= 4 is 5.91 Å². The molecule has 1 aromatic heterocycles. The topological polar surface area (TPSA) is 77.7 Å². The van der Waals surface area contributed by atoms with Crippen molar-refractivity contribution in [2.75, 3.05) is 20.8 Å². The molecule has 0 saturated carbocycles. The van der Waals surface area contributed by atoms with Gasteiger partial charge in [-0.3, -0.25) is 4.79 Å². The molecule has 0 aliphatic carbocycles. The lowest BCUT2D eigenvalue weighted by Crippen LogP contribution is -2.33. The Kier molecular flexibility index (Phi) is 7.65. The zero-order valence-corrected chi connectivity index (χ0v) is 18.5. The van der Waals surface area contributed by atoms with E-state index in [0.717, 1.165) is 11.1 Å². The summed E-state index contributed by atoms with van der Waals surface area (Å²) < 4.78 is 16.1. The lowest BCUT2D eigenvalue weighted by molar-refractivity contribution is -0.132. The highest BCUT2D eigenvalue weighted by atomic mass is 16.5. The maximum atomic E-state index is 12.8. The van der Waals surface area contributed by atoms with E-state index in [4.69, 9.17) is 14.0 Å². The molecule has 0 N–H and O–H groups in total. The van der Waals surface area contributed by atoms with Crippen LogP contribution in [0.1, 0.15) is 31.7 Å². The molecule has 1 heterocycles. The number of aromatic nitrogens is 2. The van der Waals surface area contributed by atoms with Gasteiger partial charge in [0, 0.05) is 31.5 Å². The highest BCUT2D eigenvalue weighted by Crippen LogP contribution is 2.31. The van der Waals surface area contributed by atoms with E-state index in [1.807, 2.05) is 55.1 Å². The van der Waals surface area contributed by atoms with Crippen molar-refractivity contribution in [2.24, 2.45) is 5.92 Å². The summed E-state index contributed by atoms with van der Waals surface area (Å²) >= 11 is 0. The number of methoxy groups -OCH3 is 2. The third-order valence-electron chi connectivity index (χ3n) is 4.86. The standard InChI is InChI=1S/C24H29N3O4/c1-17(2)14-23(28)27(16-18-8-6-5-7-9-18)13-12-22-25-24(26-31-22)19-10-11-20(29-3)21(15-19)30-4/h5-11,15,17H,12-14,16H2,1-4H3. The van der Waals surface area contributed by atoms with Gasteiger partial charge in [-0.25, -0.2) is 0 Å². The number of rotatable bonds is 10. The van der Waals surface area contributed by atoms with Crippen LogP contribution in [0.2, 0.25) is 0 Å². The van der Waals surface area contributed by atoms with Gasteiger partial charge in [-0.1, -0.05) is 49.3 Å². The van der Waals surface area contributed by atoms with Crippen LogP contribution in [-0.2, 0) is 17.8 Å². The molecule has 1 amide bonds. The minimum atomic E-state index is 0.124. The Morgan fingerprint density at radius 1 is 1.06 bits per heavy atom. The third kappa shape index (κ3) is 6.07. The molecule has 0 atom stereocenters. The molecule has 3 rings (SSSR count). The molecular weight excluding hydrogens is 394 g/mol. The van der Waals surface area contributed by atoms with E-state index in [9.17, 15) is 4.79 Å². The van der Waals surface area contributed by atoms with Crippen LogP contribution in [0.4, 0.5) is 0 Å². The Labute approximate surface area is 183 Å². The highest BCUT2D eigenvalue weighted by molar-refractivity contribution is 5.76. The fourth-order valence-corrected chi connectivity index (χ4v) is 3.25. The van der Waals surface area contributed by atoms with Crippen LogP contribution in [0.25, 0.3) is 11.4 Å². The van der Waals surface area contributed by atoms with E-state index in [0.29, 0.717) is 55.1 Å². The lowest BCUT2D eigenvalue weighted by Gasteiger charge is -2.23. The van der Waals surface area contributed by atoms with E-state index in [1.165, 1.54) is 0 Å². The van der Waals surface area contributed by atoms with E-state index in [1.54, 1.807) is 26.4 Å². The van der Waals surface area contributed by atoms with Gasteiger partial charge in [0.15, 0.2) is 11.5 Å². The minimum Gasteiger partial charge on any atom is -0.493 e. The van der Waals surface area contributed by atoms with Crippen molar-refractivity contribution in [3.05, 3.63) is 60.0 Å². The third-order valence-corrected chi connectivity index (χ3v) is 4.86. The van der Waals surface area contributed by atoms with Crippen molar-refractivity contribution in [3.63, 3.8) is 0 Å². The largest absolute Gasteiger partial charge is 0.493 e. The van der Waals surface area contributed by atoms with Crippen molar-refractivity contribution in [2.45, 2.75) is 33.2 Å². The van der Waals surface area contributed by atoms with Crippen LogP contribution in [0, 0.1) is 5.92 Å². The molecule has 0 aliphatic rings. The summed E-state index contributed by atoms with van der Waals surface area (Å²) in [4.78, 5) is 19.1. The molecule has 0 aliphatic heterocycles. The van der Waals surface area contributed by atoms with E-state index < -0.39 is 0 Å². The molecule has 0 saturated heterocycles. The summed E-state index contributed by atoms with van der Waals surface area (Å²) in [5.41, 5.74) is 1.86. The van der Waals surface area contributed by atoms with Crippen LogP contribution < -0.4 is 9.47 Å². The zero-order valence-electron chi connectivity index (χ0n) is 18.5. The molecule has 0 fully saturated rings. The van der Waals surface area contributed by atoms with Gasteiger partial charge < -0.3 is 18.9 Å². The average molecular weight is 424 g/mol. The fourth-order valence-electron chi connectivity index (χ4n) is 3.25. The van der Waals surface area contributed by atoms with Gasteiger partial charge in [-0.05, 0) is 29.7 Å². The summed E-state index contributed by atoms with van der Waals surface area (Å²) in [5, 5.41) is 4.09. The number of hydrogen-bond donors (Lipinski definition) is 0. The number of carbonyl (C=O) groups is 1. The second kappa shape index (κ2) is 10.6. The SMILES string of the molecule is COc1ccc(-c2noc(CCN(Cc3ccccc3)C(=O)CC(C)C)n2)cc1OC. The molecule has 7 heteroatoms. The Morgan fingerprint density at radius 3 is 2.48 bits per heavy atom. The maximum absolute atomic E-state index is 12.8. The van der Waals surface area contributed by atoms with Crippen LogP contribution in [0.5, 0.6) is 11.5 Å². The molecule has 164 valence electrons. The Bertz CT molecular complexity index is 985. The predicted molar refractivity (Wildman–Crippen MR) is 118 cm³/mol. The first-order valence-corrected chi connectivity index (χ1v) is 10.4. The minimum absolute atomic E-state index is 0.124. The second-order valence-corrected chi connectivity index (χ2v) is 7.73. The van der Waals surface area contributed by atoms with Crippen molar-refractivity contribution < 1.29 is 18.8 Å². The van der Waals surface area contributed by atoms with E-state index in [-0.39, 0.29) is 5.91 Å². The molecule has 31 heavy (non-hydrogen) atoms. The smallest absolute Gasteiger partial charge is 0.228 e. The average Bonchev–Trinajstić information content (AvgIpc) is 3.25. The summed E-state index contributed by atoms with van der Waals surface area (Å²) in [6.07, 6.45) is 0.991. The van der Waals surface area contributed by atoms with Crippen LogP contribution in [-0.4, -0.2) is 41.7 Å². The number of benzene rings is 2. The number of ether oxygens (including phenoxy) is 2. The molecule has 7 nitrogen and oxygen atoms in total. The quantitative estimate of drug-likeness (QED) is 0.482. The maximum Gasteiger partial charge on any atom is 0.228 e. The second-order valence-electron chi connectivity index (χ2n) is 7.73. The van der Waals surface area contributed by atoms with Crippen molar-refractivity contribution in [1.82, 2.24) is 15.0 Å². The van der Waals surface area contributed by atoms with E-state index >= 15 is 0 Å². The van der Waals surface area contributed by atoms with Gasteiger partial charge in [-0.2, -0.15) is 4.98 Å². The molecule has 2 aromatic carbocycles. The van der Waals surface area contributed by atoms with Gasteiger partial charge in [0.1, 0.15) is 0 Å². The Balaban J connectivity index is 1.70. The molecule has 3 aromatic rings. The predicted octanol–water partition coefficient (Wildman–Crippen LogP) is 4.37. The lowest BCUT2D eigenvalue weighted by atomic mass is 10.1. The first-order valence-electron chi connectivity index (χ1n) is 10.4. The molecule has 0 bridgehead atoms. The summed E-state index contributed by atoms with van der Waals surface area (Å²) in [6.45, 7) is 5.16. The number of amides is 1. The number of carbonyl (C=O) groups excluding carboxylic acids is 1. The zero-order chi connectivity index (χ0) is 22.2. The number of hydrogen-bond acceptors (Lipinski definition) is 6. The van der Waals surface area contributed by atoms with E-state index in [2.05, 4.69) is 10.1 Å². The van der Waals surface area contributed by atoms with Crippen molar-refractivity contribution in [1.29, 1.82) is 0 Å². The van der Waals surface area contributed by atoms with Crippen LogP contribution in [0.15, 0.2) is 53.1 Å². The summed E-state index contributed by atoms with van der Waals surface area (Å²) in [7, 11) is 3.17. The highest BCUT2D eigenvalue weighted by Gasteiger charge is 2.18. The first-order chi connectivity index (χ1) is 15.0. The first kappa shape index (κ1) is 22.3. The van der Waals surface area contributed by atoms with Gasteiger partial charge in [0.2, 0.25) is 17.6 Å². The van der Waals surface area contributed by atoms with Crippen LogP contribution in [0.3, 0.4) is 0 Å². The van der Waals surface area contributed by atoms with Crippen molar-refractivity contribution in [3.8, 4) is 22.9 Å². The Hall–Kier alpha value is -3.35. The Morgan fingerprint density at radius 2 is 1.81 bits per heavy atom. The molecule has 0 unspecified atom stereocenters. The molecular formula is C24H29N3O4. The normalized spacial score (nSPS) is 10.9. The fraction of sp³-hybridized carbons (Fsp3) is 0.375. The summed E-state index contributed by atoms with van der Waals surface area (Å²) in [6, 6.07) is 15.4. The van der Waals surface area contributed by atoms with Gasteiger partial charge in [-0.15, -0.1) is 0 Å². The number of nitrogens with zero attached hydrogens (tertiary/aromatic N) is 3. The monoisotopic (exact) mass is 423 g/mol. The molecule has 0 radical (unpaired) electrons. The summed E-state index contributed by atoms with van der Waals surface area (Å²) in [5.74, 6) is 2.61. The van der Waals surface area contributed by atoms with Gasteiger partial charge >= 0.3 is 0 Å². The van der Waals surface area contributed by atoms with Gasteiger partial charge in [0.25, 0.3) is 0 Å². The van der Waals surface area contributed by atoms with Crippen LogP contribution >= 0.6 is 0 Å². The van der Waals surface area contributed by atoms with Gasteiger partial charge in [0.05, 0.1) is 14.2 Å². The molecule has 0 spiro atoms.